The van der Waals surface area contributed by atoms with Crippen LogP contribution in [0.2, 0.25) is 0 Å². The lowest BCUT2D eigenvalue weighted by Crippen LogP contribution is -1.98. The molecule has 0 saturated carbocycles. The molecule has 0 bridgehead atoms. The highest BCUT2D eigenvalue weighted by Crippen LogP contribution is 2.29. The van der Waals surface area contributed by atoms with E-state index in [1.54, 1.807) is 0 Å². The van der Waals surface area contributed by atoms with Crippen LogP contribution in [0.15, 0.2) is 84.2 Å². The standard InChI is InChI=1S/C26H28N2/c1-18(2)14-24(23-9-8-22-11-13-28-26(22)17-23)15-19(3)4-5-20-6-7-21-10-12-27-25(21)16-20/h4,6-14,16-17,24,27-28H,5,15H2,1-3H3. The molecular weight excluding hydrogens is 340 g/mol. The third kappa shape index (κ3) is 4.12. The van der Waals surface area contributed by atoms with Gasteiger partial charge in [-0.1, -0.05) is 47.6 Å². The molecule has 0 aliphatic heterocycles. The fourth-order valence-corrected chi connectivity index (χ4v) is 3.92. The van der Waals surface area contributed by atoms with E-state index in [-0.39, 0.29) is 0 Å². The lowest BCUT2D eigenvalue weighted by Gasteiger charge is -2.15. The molecule has 0 amide bonds. The first kappa shape index (κ1) is 18.4. The van der Waals surface area contributed by atoms with E-state index in [1.165, 1.54) is 44.1 Å². The zero-order valence-electron chi connectivity index (χ0n) is 16.9. The summed E-state index contributed by atoms with van der Waals surface area (Å²) in [5, 5.41) is 2.54. The number of allylic oxidation sites excluding steroid dienone is 4. The maximum atomic E-state index is 3.34. The van der Waals surface area contributed by atoms with Crippen molar-refractivity contribution in [1.82, 2.24) is 9.97 Å². The zero-order valence-corrected chi connectivity index (χ0v) is 16.9. The third-order valence-corrected chi connectivity index (χ3v) is 5.39. The van der Waals surface area contributed by atoms with Gasteiger partial charge in [0.15, 0.2) is 0 Å². The molecule has 4 rings (SSSR count). The Labute approximate surface area is 167 Å². The summed E-state index contributed by atoms with van der Waals surface area (Å²) in [6.07, 6.45) is 10.8. The molecule has 0 aliphatic rings. The Bertz CT molecular complexity index is 1150. The van der Waals surface area contributed by atoms with E-state index in [2.05, 4.69) is 91.4 Å². The van der Waals surface area contributed by atoms with Crippen LogP contribution in [-0.4, -0.2) is 9.97 Å². The molecule has 2 aromatic heterocycles. The summed E-state index contributed by atoms with van der Waals surface area (Å²) in [7, 11) is 0. The van der Waals surface area contributed by atoms with Crippen molar-refractivity contribution in [1.29, 1.82) is 0 Å². The highest BCUT2D eigenvalue weighted by Gasteiger charge is 2.11. The number of aromatic amines is 2. The number of hydrogen-bond acceptors (Lipinski definition) is 0. The summed E-state index contributed by atoms with van der Waals surface area (Å²) in [4.78, 5) is 6.65. The second kappa shape index (κ2) is 7.93. The van der Waals surface area contributed by atoms with E-state index in [0.29, 0.717) is 5.92 Å². The van der Waals surface area contributed by atoms with Crippen LogP contribution in [0.5, 0.6) is 0 Å². The Balaban J connectivity index is 1.53. The first-order valence-corrected chi connectivity index (χ1v) is 10.0. The molecule has 2 heteroatoms. The number of hydrogen-bond donors (Lipinski definition) is 2. The van der Waals surface area contributed by atoms with E-state index in [0.717, 1.165) is 12.8 Å². The van der Waals surface area contributed by atoms with Crippen LogP contribution in [-0.2, 0) is 6.42 Å². The summed E-state index contributed by atoms with van der Waals surface area (Å²) in [6, 6.07) is 17.7. The molecule has 0 fully saturated rings. The van der Waals surface area contributed by atoms with Gasteiger partial charge in [-0.2, -0.15) is 0 Å². The first-order valence-electron chi connectivity index (χ1n) is 10.0. The average molecular weight is 369 g/mol. The smallest absolute Gasteiger partial charge is 0.0456 e. The van der Waals surface area contributed by atoms with Crippen LogP contribution < -0.4 is 0 Å². The van der Waals surface area contributed by atoms with Crippen LogP contribution in [0.4, 0.5) is 0 Å². The molecule has 0 aliphatic carbocycles. The van der Waals surface area contributed by atoms with Crippen LogP contribution >= 0.6 is 0 Å². The Morgan fingerprint density at radius 1 is 0.857 bits per heavy atom. The van der Waals surface area contributed by atoms with Gasteiger partial charge in [0.05, 0.1) is 0 Å². The number of aromatic nitrogens is 2. The quantitative estimate of drug-likeness (QED) is 0.335. The molecule has 1 unspecified atom stereocenters. The predicted octanol–water partition coefficient (Wildman–Crippen LogP) is 7.28. The fourth-order valence-electron chi connectivity index (χ4n) is 3.92. The minimum Gasteiger partial charge on any atom is -0.361 e. The molecule has 2 N–H and O–H groups in total. The highest BCUT2D eigenvalue weighted by molar-refractivity contribution is 5.80. The summed E-state index contributed by atoms with van der Waals surface area (Å²) in [5.74, 6) is 0.403. The van der Waals surface area contributed by atoms with Crippen molar-refractivity contribution >= 4 is 21.8 Å². The van der Waals surface area contributed by atoms with Gasteiger partial charge in [-0.05, 0) is 79.8 Å². The van der Waals surface area contributed by atoms with Gasteiger partial charge in [-0.15, -0.1) is 0 Å². The summed E-state index contributed by atoms with van der Waals surface area (Å²) < 4.78 is 0. The number of rotatable bonds is 6. The molecule has 1 atom stereocenters. The molecule has 4 aromatic rings. The SMILES string of the molecule is CC(C)=CC(CC(C)=CCc1ccc2cc[nH]c2c1)c1ccc2cc[nH]c2c1. The highest BCUT2D eigenvalue weighted by atomic mass is 14.7. The van der Waals surface area contributed by atoms with Crippen LogP contribution in [0, 0.1) is 0 Å². The molecule has 0 spiro atoms. The molecule has 2 aromatic carbocycles. The van der Waals surface area contributed by atoms with Gasteiger partial charge in [0, 0.05) is 29.3 Å². The van der Waals surface area contributed by atoms with Gasteiger partial charge in [-0.25, -0.2) is 0 Å². The summed E-state index contributed by atoms with van der Waals surface area (Å²) in [6.45, 7) is 6.63. The van der Waals surface area contributed by atoms with Crippen molar-refractivity contribution in [2.75, 3.05) is 0 Å². The van der Waals surface area contributed by atoms with Crippen molar-refractivity contribution in [3.63, 3.8) is 0 Å². The Morgan fingerprint density at radius 3 is 2.25 bits per heavy atom. The van der Waals surface area contributed by atoms with Gasteiger partial charge in [0.1, 0.15) is 0 Å². The van der Waals surface area contributed by atoms with E-state index in [9.17, 15) is 0 Å². The maximum Gasteiger partial charge on any atom is 0.0456 e. The van der Waals surface area contributed by atoms with E-state index in [1.807, 2.05) is 12.4 Å². The number of benzene rings is 2. The number of H-pyrrole nitrogens is 2. The normalized spacial score (nSPS) is 13.2. The van der Waals surface area contributed by atoms with Crippen LogP contribution in [0.3, 0.4) is 0 Å². The van der Waals surface area contributed by atoms with Gasteiger partial charge in [-0.3, -0.25) is 0 Å². The predicted molar refractivity (Wildman–Crippen MR) is 121 cm³/mol. The number of fused-ring (bicyclic) bond motifs is 2. The lowest BCUT2D eigenvalue weighted by atomic mass is 9.89. The van der Waals surface area contributed by atoms with E-state index >= 15 is 0 Å². The molecule has 2 nitrogen and oxygen atoms in total. The first-order chi connectivity index (χ1) is 13.6. The van der Waals surface area contributed by atoms with Crippen LogP contribution in [0.1, 0.15) is 44.2 Å². The zero-order chi connectivity index (χ0) is 19.5. The summed E-state index contributed by atoms with van der Waals surface area (Å²) in [5.41, 5.74) is 7.94. The van der Waals surface area contributed by atoms with Crippen molar-refractivity contribution in [2.45, 2.75) is 39.5 Å². The van der Waals surface area contributed by atoms with Crippen LogP contribution in [0.25, 0.3) is 21.8 Å². The molecule has 28 heavy (non-hydrogen) atoms. The summed E-state index contributed by atoms with van der Waals surface area (Å²) >= 11 is 0. The van der Waals surface area contributed by atoms with Gasteiger partial charge in [0.2, 0.25) is 0 Å². The average Bonchev–Trinajstić information content (AvgIpc) is 3.33. The Hall–Kier alpha value is -3.00. The van der Waals surface area contributed by atoms with Gasteiger partial charge < -0.3 is 9.97 Å². The molecule has 0 saturated heterocycles. The molecule has 142 valence electrons. The lowest BCUT2D eigenvalue weighted by molar-refractivity contribution is 0.814. The second-order valence-corrected chi connectivity index (χ2v) is 8.03. The largest absolute Gasteiger partial charge is 0.361 e. The second-order valence-electron chi connectivity index (χ2n) is 8.03. The fraction of sp³-hybridized carbons (Fsp3) is 0.231. The van der Waals surface area contributed by atoms with Crippen molar-refractivity contribution in [2.24, 2.45) is 0 Å². The third-order valence-electron chi connectivity index (χ3n) is 5.39. The van der Waals surface area contributed by atoms with Gasteiger partial charge >= 0.3 is 0 Å². The molecule has 0 radical (unpaired) electrons. The minimum absolute atomic E-state index is 0.403. The monoisotopic (exact) mass is 368 g/mol. The maximum absolute atomic E-state index is 3.34. The van der Waals surface area contributed by atoms with Crippen molar-refractivity contribution < 1.29 is 0 Å². The minimum atomic E-state index is 0.403. The Morgan fingerprint density at radius 2 is 1.54 bits per heavy atom. The number of nitrogens with one attached hydrogen (secondary N) is 2. The van der Waals surface area contributed by atoms with Crippen molar-refractivity contribution in [3.8, 4) is 0 Å². The van der Waals surface area contributed by atoms with E-state index in [4.69, 9.17) is 0 Å². The van der Waals surface area contributed by atoms with Crippen molar-refractivity contribution in [3.05, 3.63) is 95.3 Å². The van der Waals surface area contributed by atoms with Gasteiger partial charge in [0.25, 0.3) is 0 Å². The van der Waals surface area contributed by atoms with E-state index < -0.39 is 0 Å². The Kier molecular flexibility index (Phi) is 5.21. The molecular formula is C26H28N2. The molecule has 2 heterocycles. The topological polar surface area (TPSA) is 31.6 Å².